The van der Waals surface area contributed by atoms with Crippen LogP contribution in [0.5, 0.6) is 0 Å². The first-order valence-electron chi connectivity index (χ1n) is 6.18. The van der Waals surface area contributed by atoms with Crippen LogP contribution in [-0.4, -0.2) is 17.5 Å². The highest BCUT2D eigenvalue weighted by Gasteiger charge is 2.15. The van der Waals surface area contributed by atoms with Crippen LogP contribution >= 0.6 is 11.6 Å². The Kier molecular flexibility index (Phi) is 4.68. The van der Waals surface area contributed by atoms with Crippen LogP contribution in [0.2, 0.25) is 5.02 Å². The summed E-state index contributed by atoms with van der Waals surface area (Å²) in [6.07, 6.45) is 3.79. The van der Waals surface area contributed by atoms with Gasteiger partial charge in [-0.05, 0) is 43.9 Å². The highest BCUT2D eigenvalue weighted by molar-refractivity contribution is 6.39. The van der Waals surface area contributed by atoms with Crippen LogP contribution in [0.15, 0.2) is 23.3 Å². The molecule has 1 aliphatic rings. The molecule has 7 heteroatoms. The number of hydrogen-bond donors (Lipinski definition) is 2. The average Bonchev–Trinajstić information content (AvgIpc) is 2.93. The predicted molar refractivity (Wildman–Crippen MR) is 74.1 cm³/mol. The molecule has 0 unspecified atom stereocenters. The number of carbonyl (C=O) groups is 2. The molecule has 0 bridgehead atoms. The maximum Gasteiger partial charge on any atom is 0.329 e. The summed E-state index contributed by atoms with van der Waals surface area (Å²) in [5.74, 6) is -2.35. The summed E-state index contributed by atoms with van der Waals surface area (Å²) in [5, 5.41) is 6.07. The zero-order valence-electron chi connectivity index (χ0n) is 10.6. The fourth-order valence-corrected chi connectivity index (χ4v) is 2.02. The van der Waals surface area contributed by atoms with E-state index in [1.807, 2.05) is 0 Å². The van der Waals surface area contributed by atoms with Gasteiger partial charge in [0.15, 0.2) is 0 Å². The van der Waals surface area contributed by atoms with Crippen LogP contribution in [0, 0.1) is 5.82 Å². The van der Waals surface area contributed by atoms with E-state index in [9.17, 15) is 14.0 Å². The molecule has 0 aromatic heterocycles. The zero-order valence-corrected chi connectivity index (χ0v) is 11.3. The van der Waals surface area contributed by atoms with Gasteiger partial charge in [0, 0.05) is 11.4 Å². The number of halogens is 2. The van der Waals surface area contributed by atoms with E-state index in [1.54, 1.807) is 0 Å². The highest BCUT2D eigenvalue weighted by atomic mass is 35.5. The number of carbonyl (C=O) groups excluding carboxylic acids is 2. The summed E-state index contributed by atoms with van der Waals surface area (Å²) in [6, 6.07) is 3.65. The summed E-state index contributed by atoms with van der Waals surface area (Å²) in [6.45, 7) is 0. The number of benzene rings is 1. The second-order valence-corrected chi connectivity index (χ2v) is 4.82. The third-order valence-electron chi connectivity index (χ3n) is 2.88. The molecule has 20 heavy (non-hydrogen) atoms. The molecule has 5 nitrogen and oxygen atoms in total. The molecule has 1 aromatic carbocycles. The Balaban J connectivity index is 1.91. The lowest BCUT2D eigenvalue weighted by molar-refractivity contribution is -0.136. The van der Waals surface area contributed by atoms with E-state index in [-0.39, 0.29) is 10.7 Å². The molecule has 1 fully saturated rings. The van der Waals surface area contributed by atoms with Crippen molar-refractivity contribution < 1.29 is 14.0 Å². The molecule has 0 spiro atoms. The van der Waals surface area contributed by atoms with Gasteiger partial charge in [-0.3, -0.25) is 9.59 Å². The van der Waals surface area contributed by atoms with Crippen molar-refractivity contribution in [1.29, 1.82) is 0 Å². The lowest BCUT2D eigenvalue weighted by Crippen LogP contribution is -2.32. The molecule has 2 N–H and O–H groups in total. The summed E-state index contributed by atoms with van der Waals surface area (Å²) >= 11 is 5.58. The third-order valence-corrected chi connectivity index (χ3v) is 3.17. The van der Waals surface area contributed by atoms with Crippen molar-refractivity contribution in [2.24, 2.45) is 5.10 Å². The van der Waals surface area contributed by atoms with E-state index in [1.165, 1.54) is 12.1 Å². The fourth-order valence-electron chi connectivity index (χ4n) is 1.84. The highest BCUT2D eigenvalue weighted by Crippen LogP contribution is 2.19. The number of hydrazone groups is 1. The number of nitrogens with one attached hydrogen (secondary N) is 2. The quantitative estimate of drug-likeness (QED) is 0.650. The first-order valence-corrected chi connectivity index (χ1v) is 6.56. The van der Waals surface area contributed by atoms with Gasteiger partial charge in [-0.15, -0.1) is 0 Å². The van der Waals surface area contributed by atoms with Gasteiger partial charge in [-0.25, -0.2) is 9.82 Å². The molecule has 2 rings (SSSR count). The SMILES string of the molecule is O=C(NN=C1CCCC1)C(=O)Nc1ccc(F)c(Cl)c1. The summed E-state index contributed by atoms with van der Waals surface area (Å²) < 4.78 is 12.9. The molecule has 106 valence electrons. The molecule has 0 atom stereocenters. The summed E-state index contributed by atoms with van der Waals surface area (Å²) in [7, 11) is 0. The molecule has 0 radical (unpaired) electrons. The van der Waals surface area contributed by atoms with Crippen LogP contribution in [-0.2, 0) is 9.59 Å². The van der Waals surface area contributed by atoms with Gasteiger partial charge in [0.05, 0.1) is 5.02 Å². The van der Waals surface area contributed by atoms with Crippen molar-refractivity contribution in [3.05, 3.63) is 29.0 Å². The Labute approximate surface area is 120 Å². The van der Waals surface area contributed by atoms with Crippen LogP contribution in [0.4, 0.5) is 10.1 Å². The van der Waals surface area contributed by atoms with Gasteiger partial charge in [-0.2, -0.15) is 5.10 Å². The van der Waals surface area contributed by atoms with E-state index in [4.69, 9.17) is 11.6 Å². The van der Waals surface area contributed by atoms with E-state index in [2.05, 4.69) is 15.8 Å². The average molecular weight is 298 g/mol. The number of hydrogen-bond acceptors (Lipinski definition) is 3. The lowest BCUT2D eigenvalue weighted by Gasteiger charge is -2.05. The van der Waals surface area contributed by atoms with Gasteiger partial charge in [0.25, 0.3) is 0 Å². The molecule has 0 heterocycles. The fraction of sp³-hybridized carbons (Fsp3) is 0.308. The monoisotopic (exact) mass is 297 g/mol. The second-order valence-electron chi connectivity index (χ2n) is 4.41. The molecule has 1 aromatic rings. The van der Waals surface area contributed by atoms with Crippen molar-refractivity contribution in [3.63, 3.8) is 0 Å². The van der Waals surface area contributed by atoms with E-state index < -0.39 is 17.6 Å². The molecule has 2 amide bonds. The first-order chi connectivity index (χ1) is 9.56. The van der Waals surface area contributed by atoms with Crippen molar-refractivity contribution in [3.8, 4) is 0 Å². The number of rotatable bonds is 2. The second kappa shape index (κ2) is 6.47. The minimum absolute atomic E-state index is 0.130. The van der Waals surface area contributed by atoms with Crippen LogP contribution in [0.3, 0.4) is 0 Å². The minimum Gasteiger partial charge on any atom is -0.318 e. The van der Waals surface area contributed by atoms with E-state index in [0.717, 1.165) is 37.5 Å². The Morgan fingerprint density at radius 2 is 1.90 bits per heavy atom. The summed E-state index contributed by atoms with van der Waals surface area (Å²) in [5.41, 5.74) is 3.33. The van der Waals surface area contributed by atoms with Gasteiger partial charge < -0.3 is 5.32 Å². The van der Waals surface area contributed by atoms with Gasteiger partial charge in [0.2, 0.25) is 0 Å². The zero-order chi connectivity index (χ0) is 14.5. The smallest absolute Gasteiger partial charge is 0.318 e. The van der Waals surface area contributed by atoms with Crippen LogP contribution in [0.25, 0.3) is 0 Å². The van der Waals surface area contributed by atoms with Gasteiger partial charge >= 0.3 is 11.8 Å². The molecular weight excluding hydrogens is 285 g/mol. The van der Waals surface area contributed by atoms with Gasteiger partial charge in [-0.1, -0.05) is 11.6 Å². The molecule has 1 aliphatic carbocycles. The molecule has 1 saturated carbocycles. The van der Waals surface area contributed by atoms with E-state index >= 15 is 0 Å². The van der Waals surface area contributed by atoms with Gasteiger partial charge in [0.1, 0.15) is 5.82 Å². The van der Waals surface area contributed by atoms with Crippen LogP contribution in [0.1, 0.15) is 25.7 Å². The van der Waals surface area contributed by atoms with Crippen LogP contribution < -0.4 is 10.7 Å². The first kappa shape index (κ1) is 14.5. The Morgan fingerprint density at radius 1 is 1.20 bits per heavy atom. The van der Waals surface area contributed by atoms with E-state index in [0.29, 0.717) is 0 Å². The lowest BCUT2D eigenvalue weighted by atomic mass is 10.3. The van der Waals surface area contributed by atoms with Crippen molar-refractivity contribution >= 4 is 34.8 Å². The molecule has 0 aliphatic heterocycles. The van der Waals surface area contributed by atoms with Crippen molar-refractivity contribution in [2.75, 3.05) is 5.32 Å². The molecule has 0 saturated heterocycles. The van der Waals surface area contributed by atoms with Crippen molar-refractivity contribution in [2.45, 2.75) is 25.7 Å². The minimum atomic E-state index is -0.880. The summed E-state index contributed by atoms with van der Waals surface area (Å²) in [4.78, 5) is 23.1. The molecular formula is C13H13ClFN3O2. The normalized spacial score (nSPS) is 14.0. The Hall–Kier alpha value is -1.95. The number of nitrogens with zero attached hydrogens (tertiary/aromatic N) is 1. The Morgan fingerprint density at radius 3 is 2.55 bits per heavy atom. The maximum atomic E-state index is 12.9. The standard InChI is InChI=1S/C13H13ClFN3O2/c14-10-7-9(5-6-11(10)15)16-12(19)13(20)18-17-8-3-1-2-4-8/h5-7H,1-4H2,(H,16,19)(H,18,20). The third kappa shape index (κ3) is 3.77. The van der Waals surface area contributed by atoms with Crippen molar-refractivity contribution in [1.82, 2.24) is 5.43 Å². The largest absolute Gasteiger partial charge is 0.329 e. The predicted octanol–water partition coefficient (Wildman–Crippen LogP) is 2.46. The number of amides is 2. The topological polar surface area (TPSA) is 70.6 Å². The Bertz CT molecular complexity index is 567. The number of anilines is 1. The maximum absolute atomic E-state index is 12.9.